The van der Waals surface area contributed by atoms with E-state index < -0.39 is 11.7 Å². The second-order valence-electron chi connectivity index (χ2n) is 5.72. The van der Waals surface area contributed by atoms with Gasteiger partial charge < -0.3 is 9.84 Å². The molecule has 140 valence electrons. The molecule has 1 aliphatic heterocycles. The highest BCUT2D eigenvalue weighted by Crippen LogP contribution is 2.35. The van der Waals surface area contributed by atoms with Crippen LogP contribution in [0.15, 0.2) is 23.2 Å². The monoisotopic (exact) mass is 422 g/mol. The predicted molar refractivity (Wildman–Crippen MR) is 97.5 cm³/mol. The lowest BCUT2D eigenvalue weighted by Crippen LogP contribution is -2.14. The SMILES string of the molecule is Oc1c(C=Nc2cc(C(F)(F)F)ccc2Cl)sc(=S)n1C[C@@H]1CCCO1. The number of alkyl halides is 3. The maximum atomic E-state index is 12.8. The van der Waals surface area contributed by atoms with Crippen LogP contribution in [-0.2, 0) is 17.5 Å². The third kappa shape index (κ3) is 4.28. The van der Waals surface area contributed by atoms with E-state index in [1.54, 1.807) is 4.57 Å². The van der Waals surface area contributed by atoms with Crippen LogP contribution in [0.25, 0.3) is 0 Å². The number of aromatic hydroxyl groups is 1. The molecule has 1 atom stereocenters. The summed E-state index contributed by atoms with van der Waals surface area (Å²) >= 11 is 12.3. The first-order valence-corrected chi connectivity index (χ1v) is 9.31. The second kappa shape index (κ2) is 7.67. The standard InChI is InChI=1S/C16H14ClF3N2O2S2/c17-11-4-3-9(16(18,19)20)6-12(11)21-7-13-14(23)22(15(25)26-13)8-10-2-1-5-24-10/h3-4,6-7,10,23H,1-2,5,8H2/t10-/m0/s1. The molecule has 0 amide bonds. The lowest BCUT2D eigenvalue weighted by Gasteiger charge is -2.10. The van der Waals surface area contributed by atoms with Gasteiger partial charge in [0.15, 0.2) is 3.95 Å². The van der Waals surface area contributed by atoms with Crippen LogP contribution in [0.4, 0.5) is 18.9 Å². The molecule has 1 N–H and O–H groups in total. The van der Waals surface area contributed by atoms with Crippen molar-refractivity contribution in [3.05, 3.63) is 37.6 Å². The van der Waals surface area contributed by atoms with Gasteiger partial charge in [0.05, 0.1) is 35.1 Å². The Hall–Kier alpha value is -1.42. The van der Waals surface area contributed by atoms with Gasteiger partial charge in [-0.05, 0) is 43.3 Å². The van der Waals surface area contributed by atoms with Crippen LogP contribution in [0.3, 0.4) is 0 Å². The van der Waals surface area contributed by atoms with Crippen molar-refractivity contribution in [1.82, 2.24) is 4.57 Å². The zero-order chi connectivity index (χ0) is 18.9. The summed E-state index contributed by atoms with van der Waals surface area (Å²) in [7, 11) is 0. The molecular weight excluding hydrogens is 409 g/mol. The molecule has 1 fully saturated rings. The highest BCUT2D eigenvalue weighted by atomic mass is 35.5. The molecule has 0 bridgehead atoms. The Kier molecular flexibility index (Phi) is 5.71. The first-order valence-electron chi connectivity index (χ1n) is 7.70. The number of nitrogens with zero attached hydrogens (tertiary/aromatic N) is 2. The summed E-state index contributed by atoms with van der Waals surface area (Å²) in [5.41, 5.74) is -0.882. The van der Waals surface area contributed by atoms with Crippen molar-refractivity contribution in [1.29, 1.82) is 0 Å². The van der Waals surface area contributed by atoms with E-state index in [0.29, 0.717) is 22.0 Å². The van der Waals surface area contributed by atoms with Crippen LogP contribution < -0.4 is 0 Å². The van der Waals surface area contributed by atoms with E-state index in [1.165, 1.54) is 6.21 Å². The van der Waals surface area contributed by atoms with Crippen molar-refractivity contribution in [3.63, 3.8) is 0 Å². The van der Waals surface area contributed by atoms with Crippen molar-refractivity contribution < 1.29 is 23.0 Å². The van der Waals surface area contributed by atoms with Crippen LogP contribution in [0.5, 0.6) is 5.88 Å². The van der Waals surface area contributed by atoms with E-state index in [9.17, 15) is 18.3 Å². The lowest BCUT2D eigenvalue weighted by atomic mass is 10.2. The summed E-state index contributed by atoms with van der Waals surface area (Å²) in [6.07, 6.45) is -1.38. The number of aliphatic imine (C=N–C) groups is 1. The lowest BCUT2D eigenvalue weighted by molar-refractivity contribution is -0.137. The van der Waals surface area contributed by atoms with E-state index in [1.807, 2.05) is 0 Å². The fourth-order valence-corrected chi connectivity index (χ4v) is 3.93. The maximum Gasteiger partial charge on any atom is 0.416 e. The Labute approximate surface area is 161 Å². The van der Waals surface area contributed by atoms with E-state index in [-0.39, 0.29) is 22.7 Å². The molecule has 2 aromatic rings. The minimum absolute atomic E-state index is 0.00935. The van der Waals surface area contributed by atoms with Crippen LogP contribution in [0.2, 0.25) is 5.02 Å². The van der Waals surface area contributed by atoms with E-state index in [0.717, 1.165) is 42.4 Å². The molecule has 0 saturated carbocycles. The van der Waals surface area contributed by atoms with Gasteiger partial charge in [0.25, 0.3) is 0 Å². The highest BCUT2D eigenvalue weighted by molar-refractivity contribution is 7.73. The topological polar surface area (TPSA) is 46.8 Å². The van der Waals surface area contributed by atoms with Crippen molar-refractivity contribution in [2.75, 3.05) is 6.61 Å². The first-order chi connectivity index (χ1) is 12.3. The van der Waals surface area contributed by atoms with Crippen LogP contribution in [0, 0.1) is 3.95 Å². The zero-order valence-electron chi connectivity index (χ0n) is 13.3. The molecule has 2 heterocycles. The average molecular weight is 423 g/mol. The van der Waals surface area contributed by atoms with Gasteiger partial charge in [-0.3, -0.25) is 9.56 Å². The molecule has 0 aliphatic carbocycles. The number of halogens is 4. The minimum atomic E-state index is -4.49. The molecular formula is C16H14ClF3N2O2S2. The zero-order valence-corrected chi connectivity index (χ0v) is 15.7. The molecule has 1 aromatic carbocycles. The van der Waals surface area contributed by atoms with Gasteiger partial charge in [0, 0.05) is 6.61 Å². The van der Waals surface area contributed by atoms with Crippen LogP contribution in [0.1, 0.15) is 23.3 Å². The van der Waals surface area contributed by atoms with Gasteiger partial charge in [0.1, 0.15) is 4.88 Å². The fourth-order valence-electron chi connectivity index (χ4n) is 2.57. The molecule has 0 unspecified atom stereocenters. The summed E-state index contributed by atoms with van der Waals surface area (Å²) < 4.78 is 46.0. The summed E-state index contributed by atoms with van der Waals surface area (Å²) in [4.78, 5) is 4.35. The molecule has 26 heavy (non-hydrogen) atoms. The number of ether oxygens (including phenoxy) is 1. The average Bonchev–Trinajstić information content (AvgIpc) is 3.17. The highest BCUT2D eigenvalue weighted by Gasteiger charge is 2.31. The van der Waals surface area contributed by atoms with Gasteiger partial charge in [-0.2, -0.15) is 13.2 Å². The van der Waals surface area contributed by atoms with Crippen molar-refractivity contribution in [3.8, 4) is 5.88 Å². The van der Waals surface area contributed by atoms with Crippen molar-refractivity contribution in [2.24, 2.45) is 4.99 Å². The Morgan fingerprint density at radius 1 is 1.46 bits per heavy atom. The minimum Gasteiger partial charge on any atom is -0.493 e. The van der Waals surface area contributed by atoms with Gasteiger partial charge in [-0.1, -0.05) is 22.9 Å². The molecule has 1 saturated heterocycles. The van der Waals surface area contributed by atoms with Gasteiger partial charge in [-0.25, -0.2) is 0 Å². The summed E-state index contributed by atoms with van der Waals surface area (Å²) in [6, 6.07) is 2.89. The van der Waals surface area contributed by atoms with Gasteiger partial charge in [-0.15, -0.1) is 0 Å². The molecule has 3 rings (SSSR count). The number of hydrogen-bond donors (Lipinski definition) is 1. The molecule has 1 aromatic heterocycles. The van der Waals surface area contributed by atoms with Crippen molar-refractivity contribution >= 4 is 47.1 Å². The van der Waals surface area contributed by atoms with Gasteiger partial charge in [0.2, 0.25) is 5.88 Å². The Morgan fingerprint density at radius 2 is 2.23 bits per heavy atom. The largest absolute Gasteiger partial charge is 0.493 e. The normalized spacial score (nSPS) is 18.1. The first kappa shape index (κ1) is 19.3. The Morgan fingerprint density at radius 3 is 2.88 bits per heavy atom. The number of hydrogen-bond acceptors (Lipinski definition) is 5. The molecule has 0 radical (unpaired) electrons. The molecule has 4 nitrogen and oxygen atoms in total. The number of aromatic nitrogens is 1. The Bertz CT molecular complexity index is 887. The number of benzene rings is 1. The fraction of sp³-hybridized carbons (Fsp3) is 0.375. The number of rotatable bonds is 4. The van der Waals surface area contributed by atoms with Crippen molar-refractivity contribution in [2.45, 2.75) is 31.7 Å². The van der Waals surface area contributed by atoms with Crippen LogP contribution in [-0.4, -0.2) is 28.6 Å². The van der Waals surface area contributed by atoms with Crippen LogP contribution >= 0.6 is 35.2 Å². The smallest absolute Gasteiger partial charge is 0.416 e. The maximum absolute atomic E-state index is 12.8. The molecule has 1 aliphatic rings. The van der Waals surface area contributed by atoms with E-state index in [4.69, 9.17) is 28.6 Å². The number of thiazole rings is 1. The Balaban J connectivity index is 1.86. The summed E-state index contributed by atoms with van der Waals surface area (Å²) in [5.74, 6) is -0.0812. The third-order valence-corrected chi connectivity index (χ3v) is 5.59. The third-order valence-electron chi connectivity index (χ3n) is 3.90. The quantitative estimate of drug-likeness (QED) is 0.516. The van der Waals surface area contributed by atoms with E-state index >= 15 is 0 Å². The van der Waals surface area contributed by atoms with Gasteiger partial charge >= 0.3 is 6.18 Å². The summed E-state index contributed by atoms with van der Waals surface area (Å²) in [6.45, 7) is 1.12. The van der Waals surface area contributed by atoms with E-state index in [2.05, 4.69) is 4.99 Å². The predicted octanol–water partition coefficient (Wildman–Crippen LogP) is 5.59. The molecule has 10 heteroatoms. The molecule has 0 spiro atoms. The summed E-state index contributed by atoms with van der Waals surface area (Å²) in [5, 5.41) is 10.4. The second-order valence-corrected chi connectivity index (χ2v) is 7.81.